The summed E-state index contributed by atoms with van der Waals surface area (Å²) in [7, 11) is 0. The van der Waals surface area contributed by atoms with Crippen LogP contribution in [0.4, 0.5) is 0 Å². The quantitative estimate of drug-likeness (QED) is 0.0505. The van der Waals surface area contributed by atoms with Gasteiger partial charge in [-0.15, -0.1) is 26.3 Å². The van der Waals surface area contributed by atoms with Gasteiger partial charge in [-0.3, -0.25) is 0 Å². The second-order valence-corrected chi connectivity index (χ2v) is 13.5. The van der Waals surface area contributed by atoms with Crippen LogP contribution in [0.2, 0.25) is 0 Å². The summed E-state index contributed by atoms with van der Waals surface area (Å²) in [6, 6.07) is 0. The maximum absolute atomic E-state index is 5.38. The summed E-state index contributed by atoms with van der Waals surface area (Å²) in [5.41, 5.74) is 0.440. The second-order valence-electron chi connectivity index (χ2n) is 13.5. The van der Waals surface area contributed by atoms with Crippen LogP contribution >= 0.6 is 0 Å². The highest BCUT2D eigenvalue weighted by atomic mass is 17.2. The van der Waals surface area contributed by atoms with Crippen LogP contribution in [0.15, 0.2) is 50.6 Å². The highest BCUT2D eigenvalue weighted by Crippen LogP contribution is 2.46. The Morgan fingerprint density at radius 3 is 0.868 bits per heavy atom. The van der Waals surface area contributed by atoms with E-state index >= 15 is 0 Å². The minimum Gasteiger partial charge on any atom is -0.237 e. The average molecular weight is 531 g/mol. The van der Waals surface area contributed by atoms with Crippen LogP contribution in [0.3, 0.4) is 0 Å². The Morgan fingerprint density at radius 2 is 0.632 bits per heavy atom. The van der Waals surface area contributed by atoms with Gasteiger partial charge in [-0.25, -0.2) is 9.78 Å². The molecule has 0 atom stereocenters. The number of unbranched alkanes of at least 4 members (excludes halogenated alkanes) is 12. The molecule has 0 heterocycles. The van der Waals surface area contributed by atoms with E-state index in [4.69, 9.17) is 9.78 Å². The van der Waals surface area contributed by atoms with E-state index in [0.717, 1.165) is 38.9 Å². The van der Waals surface area contributed by atoms with Gasteiger partial charge in [0.15, 0.2) is 0 Å². The van der Waals surface area contributed by atoms with Gasteiger partial charge in [0.2, 0.25) is 0 Å². The molecule has 0 fully saturated rings. The Kier molecular flexibility index (Phi) is 19.3. The van der Waals surface area contributed by atoms with Crippen molar-refractivity contribution in [1.82, 2.24) is 0 Å². The van der Waals surface area contributed by atoms with Gasteiger partial charge in [-0.2, -0.15) is 0 Å². The topological polar surface area (TPSA) is 18.5 Å². The molecule has 0 aromatic rings. The molecule has 0 rings (SSSR count). The molecule has 0 radical (unpaired) electrons. The summed E-state index contributed by atoms with van der Waals surface area (Å²) in [4.78, 5) is 10.8. The zero-order valence-corrected chi connectivity index (χ0v) is 26.7. The van der Waals surface area contributed by atoms with Crippen molar-refractivity contribution in [1.29, 1.82) is 0 Å². The van der Waals surface area contributed by atoms with E-state index in [2.05, 4.69) is 92.2 Å². The first kappa shape index (κ1) is 36.9. The summed E-state index contributed by atoms with van der Waals surface area (Å²) < 4.78 is 0. The van der Waals surface area contributed by atoms with Crippen LogP contribution in [-0.2, 0) is 9.78 Å². The first-order valence-corrected chi connectivity index (χ1v) is 15.7. The maximum Gasteiger partial charge on any atom is 0.0822 e. The molecule has 0 aliphatic heterocycles. The van der Waals surface area contributed by atoms with E-state index in [-0.39, 0.29) is 21.7 Å². The van der Waals surface area contributed by atoms with Crippen molar-refractivity contribution in [3.63, 3.8) is 0 Å². The van der Waals surface area contributed by atoms with E-state index in [1.807, 2.05) is 0 Å². The molecule has 222 valence electrons. The highest BCUT2D eigenvalue weighted by Gasteiger charge is 2.36. The Balaban J connectivity index is 3.54. The fourth-order valence-electron chi connectivity index (χ4n) is 5.59. The van der Waals surface area contributed by atoms with E-state index in [1.54, 1.807) is 0 Å². The first-order valence-electron chi connectivity index (χ1n) is 15.7. The largest absolute Gasteiger partial charge is 0.237 e. The summed E-state index contributed by atoms with van der Waals surface area (Å²) in [6.45, 7) is 31.5. The fourth-order valence-corrected chi connectivity index (χ4v) is 5.59. The average Bonchev–Trinajstić information content (AvgIpc) is 2.86. The number of allylic oxidation sites excluding steroid dienone is 4. The molecule has 0 spiro atoms. The van der Waals surface area contributed by atoms with Gasteiger partial charge in [-0.05, 0) is 36.5 Å². The lowest BCUT2D eigenvalue weighted by Gasteiger charge is -2.40. The third kappa shape index (κ3) is 13.8. The van der Waals surface area contributed by atoms with E-state index in [1.165, 1.54) is 77.0 Å². The molecule has 0 saturated carbocycles. The van der Waals surface area contributed by atoms with Gasteiger partial charge in [0, 0.05) is 10.8 Å². The van der Waals surface area contributed by atoms with Crippen molar-refractivity contribution >= 4 is 0 Å². The summed E-state index contributed by atoms with van der Waals surface area (Å²) in [5, 5.41) is 0. The Labute approximate surface area is 239 Å². The van der Waals surface area contributed by atoms with Gasteiger partial charge in [0.1, 0.15) is 0 Å². The lowest BCUT2D eigenvalue weighted by Crippen LogP contribution is -2.31. The van der Waals surface area contributed by atoms with Crippen molar-refractivity contribution in [3.8, 4) is 0 Å². The smallest absolute Gasteiger partial charge is 0.0822 e. The molecule has 0 aliphatic rings. The molecule has 0 aromatic heterocycles. The Morgan fingerprint density at radius 1 is 0.395 bits per heavy atom. The number of hydrogen-bond acceptors (Lipinski definition) is 2. The second kappa shape index (κ2) is 19.9. The molecule has 0 saturated heterocycles. The summed E-state index contributed by atoms with van der Waals surface area (Å²) in [5.74, 6) is 0. The van der Waals surface area contributed by atoms with Crippen molar-refractivity contribution in [2.24, 2.45) is 21.7 Å². The molecule has 2 nitrogen and oxygen atoms in total. The normalized spacial score (nSPS) is 12.9. The number of rotatable bonds is 25. The SMILES string of the molecule is C=CC(C=C)(CCCCCCCCCOOCCCCCCCCCC(C=C)(C=C)C(C)(C)C)C(C)(C)C. The van der Waals surface area contributed by atoms with Gasteiger partial charge < -0.3 is 0 Å². The molecule has 0 bridgehead atoms. The van der Waals surface area contributed by atoms with Crippen LogP contribution in [0, 0.1) is 21.7 Å². The molecule has 0 N–H and O–H groups in total. The predicted octanol–water partition coefficient (Wildman–Crippen LogP) is 12.0. The molecular weight excluding hydrogens is 464 g/mol. The number of hydrogen-bond donors (Lipinski definition) is 0. The standard InChI is InChI=1S/C36H66O2/c1-11-35(12-2,33(5,6)7)29-25-21-17-15-19-23-27-31-37-38-32-28-24-20-16-18-22-26-30-36(13-3,14-4)34(8,9)10/h11-14H,1-4,15-32H2,5-10H3. The third-order valence-corrected chi connectivity index (χ3v) is 8.97. The summed E-state index contributed by atoms with van der Waals surface area (Å²) in [6.07, 6.45) is 28.3. The zero-order chi connectivity index (χ0) is 29.0. The van der Waals surface area contributed by atoms with E-state index in [9.17, 15) is 0 Å². The zero-order valence-electron chi connectivity index (χ0n) is 26.7. The fraction of sp³-hybridized carbons (Fsp3) is 0.778. The predicted molar refractivity (Wildman–Crippen MR) is 170 cm³/mol. The van der Waals surface area contributed by atoms with E-state index in [0.29, 0.717) is 0 Å². The monoisotopic (exact) mass is 531 g/mol. The van der Waals surface area contributed by atoms with Gasteiger partial charge in [0.25, 0.3) is 0 Å². The van der Waals surface area contributed by atoms with Gasteiger partial charge in [0.05, 0.1) is 13.2 Å². The van der Waals surface area contributed by atoms with Crippen LogP contribution in [0.25, 0.3) is 0 Å². The molecule has 0 unspecified atom stereocenters. The third-order valence-electron chi connectivity index (χ3n) is 8.97. The Hall–Kier alpha value is -1.12. The molecule has 0 amide bonds. The first-order chi connectivity index (χ1) is 17.9. The maximum atomic E-state index is 5.38. The minimum atomic E-state index is 0.0433. The van der Waals surface area contributed by atoms with E-state index < -0.39 is 0 Å². The molecule has 38 heavy (non-hydrogen) atoms. The highest BCUT2D eigenvalue weighted by molar-refractivity contribution is 5.13. The summed E-state index contributed by atoms with van der Waals surface area (Å²) >= 11 is 0. The van der Waals surface area contributed by atoms with Crippen molar-refractivity contribution < 1.29 is 9.78 Å². The van der Waals surface area contributed by atoms with Gasteiger partial charge >= 0.3 is 0 Å². The molecular formula is C36H66O2. The molecule has 0 aromatic carbocycles. The van der Waals surface area contributed by atoms with Crippen molar-refractivity contribution in [3.05, 3.63) is 50.6 Å². The van der Waals surface area contributed by atoms with Crippen LogP contribution in [-0.4, -0.2) is 13.2 Å². The van der Waals surface area contributed by atoms with Crippen LogP contribution in [0.1, 0.15) is 144 Å². The van der Waals surface area contributed by atoms with Gasteiger partial charge in [-0.1, -0.05) is 143 Å². The molecule has 2 heteroatoms. The minimum absolute atomic E-state index is 0.0433. The van der Waals surface area contributed by atoms with Crippen LogP contribution < -0.4 is 0 Å². The van der Waals surface area contributed by atoms with Crippen LogP contribution in [0.5, 0.6) is 0 Å². The lowest BCUT2D eigenvalue weighted by atomic mass is 9.64. The van der Waals surface area contributed by atoms with Crippen molar-refractivity contribution in [2.45, 2.75) is 144 Å². The van der Waals surface area contributed by atoms with Crippen molar-refractivity contribution in [2.75, 3.05) is 13.2 Å². The Bertz CT molecular complexity index is 559. The molecule has 0 aliphatic carbocycles. The lowest BCUT2D eigenvalue weighted by molar-refractivity contribution is -0.295.